The first-order valence-corrected chi connectivity index (χ1v) is 11.2. The highest BCUT2D eigenvalue weighted by molar-refractivity contribution is 6.30. The molecular formula is C22H18ClF3N8O4. The van der Waals surface area contributed by atoms with Crippen LogP contribution in [-0.2, 0) is 17.8 Å². The molecule has 1 amide bonds. The van der Waals surface area contributed by atoms with E-state index < -0.39 is 49.1 Å². The number of halogens is 4. The largest absolute Gasteiger partial charge is 0.465 e. The third kappa shape index (κ3) is 5.56. The van der Waals surface area contributed by atoms with Gasteiger partial charge >= 0.3 is 17.8 Å². The van der Waals surface area contributed by atoms with E-state index in [0.717, 1.165) is 21.0 Å². The van der Waals surface area contributed by atoms with Crippen LogP contribution >= 0.6 is 11.6 Å². The number of hydrogen-bond donors (Lipinski definition) is 1. The smallest absolute Gasteiger partial charge is 0.390 e. The van der Waals surface area contributed by atoms with E-state index in [0.29, 0.717) is 10.6 Å². The van der Waals surface area contributed by atoms with Gasteiger partial charge in [0.25, 0.3) is 5.91 Å². The van der Waals surface area contributed by atoms with Crippen LogP contribution in [-0.4, -0.2) is 59.3 Å². The summed E-state index contributed by atoms with van der Waals surface area (Å²) < 4.78 is 46.2. The van der Waals surface area contributed by atoms with Crippen molar-refractivity contribution < 1.29 is 27.5 Å². The van der Waals surface area contributed by atoms with Gasteiger partial charge in [-0.05, 0) is 36.4 Å². The maximum atomic E-state index is 13.1. The summed E-state index contributed by atoms with van der Waals surface area (Å²) in [5.74, 6) is -2.50. The molecule has 1 aromatic carbocycles. The highest BCUT2D eigenvalue weighted by atomic mass is 35.5. The molecular weight excluding hydrogens is 533 g/mol. The van der Waals surface area contributed by atoms with Crippen LogP contribution < -0.4 is 11.4 Å². The lowest BCUT2D eigenvalue weighted by molar-refractivity contribution is -0.136. The van der Waals surface area contributed by atoms with Crippen LogP contribution in [0.2, 0.25) is 5.02 Å². The first-order valence-electron chi connectivity index (χ1n) is 10.8. The minimum Gasteiger partial charge on any atom is -0.465 e. The van der Waals surface area contributed by atoms with E-state index in [4.69, 9.17) is 22.1 Å². The molecule has 2 N–H and O–H groups in total. The summed E-state index contributed by atoms with van der Waals surface area (Å²) in [6.07, 6.45) is -4.46. The van der Waals surface area contributed by atoms with Crippen molar-refractivity contribution in [2.45, 2.75) is 25.7 Å². The second-order valence-electron chi connectivity index (χ2n) is 7.78. The van der Waals surface area contributed by atoms with Crippen molar-refractivity contribution in [1.82, 2.24) is 34.1 Å². The molecule has 0 spiro atoms. The molecule has 4 rings (SSSR count). The Morgan fingerprint density at radius 1 is 1.13 bits per heavy atom. The number of hydrogen-bond acceptors (Lipinski definition) is 8. The van der Waals surface area contributed by atoms with E-state index in [-0.39, 0.29) is 23.0 Å². The Morgan fingerprint density at radius 2 is 1.84 bits per heavy atom. The van der Waals surface area contributed by atoms with Crippen LogP contribution in [0.4, 0.5) is 13.2 Å². The number of amides is 1. The Morgan fingerprint density at radius 3 is 2.47 bits per heavy atom. The van der Waals surface area contributed by atoms with Crippen molar-refractivity contribution in [3.8, 4) is 17.2 Å². The first kappa shape index (κ1) is 26.5. The molecule has 38 heavy (non-hydrogen) atoms. The molecule has 3 aromatic heterocycles. The second kappa shape index (κ2) is 10.5. The maximum Gasteiger partial charge on any atom is 0.390 e. The fourth-order valence-electron chi connectivity index (χ4n) is 3.49. The van der Waals surface area contributed by atoms with Crippen molar-refractivity contribution in [2.75, 3.05) is 7.11 Å². The highest BCUT2D eigenvalue weighted by Crippen LogP contribution is 2.23. The van der Waals surface area contributed by atoms with Crippen molar-refractivity contribution >= 4 is 23.5 Å². The van der Waals surface area contributed by atoms with Crippen LogP contribution in [0, 0.1) is 0 Å². The fraction of sp³-hybridized carbons (Fsp3) is 0.227. The fourth-order valence-corrected chi connectivity index (χ4v) is 3.62. The average molecular weight is 551 g/mol. The van der Waals surface area contributed by atoms with Gasteiger partial charge in [-0.1, -0.05) is 11.6 Å². The number of nitrogens with two attached hydrogens (primary N) is 1. The number of primary amides is 1. The standard InChI is InChI=1S/C22H18ClF3N8O4/c1-38-20(36)14-3-2-9-28-18(14)34-19(16(27)35)29-15(30-34)11-33-21(37)32(10-8-22(24,25)26)17(31-33)12-4-6-13(23)7-5-12/h2-7,9H,8,10-11H2,1H3,(H2,27,35). The summed E-state index contributed by atoms with van der Waals surface area (Å²) in [4.78, 5) is 45.4. The van der Waals surface area contributed by atoms with Crippen LogP contribution in [0.5, 0.6) is 0 Å². The zero-order valence-corrected chi connectivity index (χ0v) is 20.3. The summed E-state index contributed by atoms with van der Waals surface area (Å²) in [5, 5.41) is 8.72. The molecule has 0 aliphatic heterocycles. The van der Waals surface area contributed by atoms with E-state index in [2.05, 4.69) is 20.2 Å². The monoisotopic (exact) mass is 550 g/mol. The van der Waals surface area contributed by atoms with Gasteiger partial charge in [0.1, 0.15) is 12.1 Å². The second-order valence-corrected chi connectivity index (χ2v) is 8.22. The molecule has 12 nitrogen and oxygen atoms in total. The third-order valence-corrected chi connectivity index (χ3v) is 5.45. The molecule has 0 saturated heterocycles. The number of rotatable bonds is 8. The summed E-state index contributed by atoms with van der Waals surface area (Å²) in [5.41, 5.74) is 4.86. The number of pyridine rings is 1. The van der Waals surface area contributed by atoms with E-state index in [9.17, 15) is 27.6 Å². The highest BCUT2D eigenvalue weighted by Gasteiger charge is 2.29. The number of alkyl halides is 3. The SMILES string of the molecule is COC(=O)c1cccnc1-n1nc(Cn2nc(-c3ccc(Cl)cc3)n(CCC(F)(F)F)c2=O)nc1C(N)=O. The van der Waals surface area contributed by atoms with Gasteiger partial charge in [-0.25, -0.2) is 24.2 Å². The lowest BCUT2D eigenvalue weighted by Crippen LogP contribution is -2.27. The molecule has 0 fully saturated rings. The molecule has 198 valence electrons. The van der Waals surface area contributed by atoms with Gasteiger partial charge in [0, 0.05) is 23.3 Å². The Kier molecular flexibility index (Phi) is 7.30. The van der Waals surface area contributed by atoms with Crippen molar-refractivity contribution in [2.24, 2.45) is 5.73 Å². The molecule has 0 saturated carbocycles. The van der Waals surface area contributed by atoms with Gasteiger partial charge in [-0.3, -0.25) is 9.36 Å². The van der Waals surface area contributed by atoms with Crippen LogP contribution in [0.25, 0.3) is 17.2 Å². The van der Waals surface area contributed by atoms with Crippen LogP contribution in [0.15, 0.2) is 47.4 Å². The van der Waals surface area contributed by atoms with Gasteiger partial charge in [-0.15, -0.1) is 10.2 Å². The lowest BCUT2D eigenvalue weighted by Gasteiger charge is -2.08. The van der Waals surface area contributed by atoms with Crippen molar-refractivity contribution in [3.63, 3.8) is 0 Å². The number of ether oxygens (including phenoxy) is 1. The maximum absolute atomic E-state index is 13.1. The van der Waals surface area contributed by atoms with Crippen molar-refractivity contribution in [3.05, 3.63) is 75.3 Å². The van der Waals surface area contributed by atoms with Gasteiger partial charge in [0.2, 0.25) is 5.82 Å². The number of carbonyl (C=O) groups is 2. The Bertz CT molecular complexity index is 1560. The van der Waals surface area contributed by atoms with E-state index in [1.165, 1.54) is 42.6 Å². The third-order valence-electron chi connectivity index (χ3n) is 5.20. The van der Waals surface area contributed by atoms with Gasteiger partial charge in [-0.2, -0.15) is 17.9 Å². The van der Waals surface area contributed by atoms with Crippen LogP contribution in [0.3, 0.4) is 0 Å². The number of nitrogens with zero attached hydrogens (tertiary/aromatic N) is 7. The molecule has 0 atom stereocenters. The van der Waals surface area contributed by atoms with Gasteiger partial charge < -0.3 is 10.5 Å². The summed E-state index contributed by atoms with van der Waals surface area (Å²) >= 11 is 5.90. The molecule has 4 aromatic rings. The predicted octanol–water partition coefficient (Wildman–Crippen LogP) is 2.23. The first-order chi connectivity index (χ1) is 18.0. The van der Waals surface area contributed by atoms with Crippen molar-refractivity contribution in [1.29, 1.82) is 0 Å². The Hall–Kier alpha value is -4.53. The molecule has 0 aliphatic carbocycles. The molecule has 0 bridgehead atoms. The van der Waals surface area contributed by atoms with E-state index >= 15 is 0 Å². The quantitative estimate of drug-likeness (QED) is 0.328. The Balaban J connectivity index is 1.78. The molecule has 16 heteroatoms. The van der Waals surface area contributed by atoms with Gasteiger partial charge in [0.15, 0.2) is 17.5 Å². The van der Waals surface area contributed by atoms with E-state index in [1.807, 2.05) is 0 Å². The number of esters is 1. The zero-order valence-electron chi connectivity index (χ0n) is 19.5. The molecule has 0 radical (unpaired) electrons. The molecule has 3 heterocycles. The Labute approximate surface area is 216 Å². The lowest BCUT2D eigenvalue weighted by atomic mass is 10.2. The predicted molar refractivity (Wildman–Crippen MR) is 126 cm³/mol. The molecule has 0 unspecified atom stereocenters. The summed E-state index contributed by atoms with van der Waals surface area (Å²) in [6, 6.07) is 8.86. The summed E-state index contributed by atoms with van der Waals surface area (Å²) in [7, 11) is 1.15. The van der Waals surface area contributed by atoms with E-state index in [1.54, 1.807) is 0 Å². The topological polar surface area (TPSA) is 153 Å². The zero-order chi connectivity index (χ0) is 27.6. The van der Waals surface area contributed by atoms with Crippen LogP contribution in [0.1, 0.15) is 33.2 Å². The minimum absolute atomic E-state index is 0.0387. The minimum atomic E-state index is -4.52. The van der Waals surface area contributed by atoms with Gasteiger partial charge in [0.05, 0.1) is 13.5 Å². The number of carbonyl (C=O) groups excluding carboxylic acids is 2. The number of benzene rings is 1. The number of aromatic nitrogens is 7. The average Bonchev–Trinajstić information content (AvgIpc) is 3.44. The number of methoxy groups -OCH3 is 1. The molecule has 0 aliphatic rings. The summed E-state index contributed by atoms with van der Waals surface area (Å²) in [6.45, 7) is -1.13. The normalized spacial score (nSPS) is 11.5.